The van der Waals surface area contributed by atoms with E-state index in [0.29, 0.717) is 6.54 Å². The maximum absolute atomic E-state index is 11.3. The summed E-state index contributed by atoms with van der Waals surface area (Å²) in [4.78, 5) is 15.4. The minimum absolute atomic E-state index is 0.398. The lowest BCUT2D eigenvalue weighted by Gasteiger charge is -2.19. The second-order valence-corrected chi connectivity index (χ2v) is 5.35. The molecule has 0 aromatic carbocycles. The van der Waals surface area contributed by atoms with Crippen LogP contribution in [0.3, 0.4) is 0 Å². The summed E-state index contributed by atoms with van der Waals surface area (Å²) in [6.07, 6.45) is 7.05. The molecule has 0 spiro atoms. The molecular weight excluding hydrogens is 254 g/mol. The molecule has 0 bridgehead atoms. The first-order chi connectivity index (χ1) is 9.47. The summed E-state index contributed by atoms with van der Waals surface area (Å²) in [5, 5.41) is 5.92. The van der Waals surface area contributed by atoms with Crippen LogP contribution in [0.25, 0.3) is 0 Å². The van der Waals surface area contributed by atoms with Crippen LogP contribution in [0.2, 0.25) is 0 Å². The fourth-order valence-electron chi connectivity index (χ4n) is 1.43. The van der Waals surface area contributed by atoms with E-state index in [1.807, 2.05) is 51.3 Å². The third kappa shape index (κ3) is 8.26. The number of rotatable bonds is 6. The van der Waals surface area contributed by atoms with Gasteiger partial charge in [0.2, 0.25) is 0 Å². The molecule has 0 atom stereocenters. The van der Waals surface area contributed by atoms with E-state index < -0.39 is 11.7 Å². The van der Waals surface area contributed by atoms with E-state index in [2.05, 4.69) is 15.6 Å². The van der Waals surface area contributed by atoms with E-state index in [-0.39, 0.29) is 0 Å². The first-order valence-electron chi connectivity index (χ1n) is 6.69. The van der Waals surface area contributed by atoms with Gasteiger partial charge in [0.1, 0.15) is 5.60 Å². The minimum Gasteiger partial charge on any atom is -0.444 e. The molecule has 0 fully saturated rings. The second-order valence-electron chi connectivity index (χ2n) is 5.35. The van der Waals surface area contributed by atoms with Crippen LogP contribution >= 0.6 is 0 Å². The topological polar surface area (TPSA) is 63.2 Å². The fraction of sp³-hybridized carbons (Fsp3) is 0.467. The Morgan fingerprint density at radius 2 is 2.10 bits per heavy atom. The first-order valence-corrected chi connectivity index (χ1v) is 6.69. The lowest BCUT2D eigenvalue weighted by molar-refractivity contribution is 0.0534. The van der Waals surface area contributed by atoms with Crippen molar-refractivity contribution in [3.05, 3.63) is 42.2 Å². The van der Waals surface area contributed by atoms with Crippen molar-refractivity contribution in [2.45, 2.75) is 32.9 Å². The van der Waals surface area contributed by atoms with Crippen molar-refractivity contribution in [1.82, 2.24) is 15.6 Å². The van der Waals surface area contributed by atoms with Gasteiger partial charge < -0.3 is 15.4 Å². The third-order valence-electron chi connectivity index (χ3n) is 2.24. The van der Waals surface area contributed by atoms with Gasteiger partial charge in [-0.3, -0.25) is 4.98 Å². The molecular formula is C15H23N3O2. The Morgan fingerprint density at radius 3 is 2.75 bits per heavy atom. The number of hydrogen-bond acceptors (Lipinski definition) is 4. The zero-order valence-electron chi connectivity index (χ0n) is 12.3. The van der Waals surface area contributed by atoms with Crippen LogP contribution in [0.15, 0.2) is 36.7 Å². The minimum atomic E-state index is -0.459. The summed E-state index contributed by atoms with van der Waals surface area (Å²) >= 11 is 0. The van der Waals surface area contributed by atoms with Gasteiger partial charge >= 0.3 is 6.09 Å². The second kappa shape index (κ2) is 8.32. The standard InChI is InChI=1S/C15H23N3O2/c1-15(2,3)20-14(19)18-10-5-4-8-16-11-13-7-6-9-17-12-13/h4-7,9,12,16H,8,10-11H2,1-3H3,(H,18,19)/b5-4+. The number of nitrogens with one attached hydrogen (secondary N) is 2. The van der Waals surface area contributed by atoms with Crippen LogP contribution in [0.4, 0.5) is 4.79 Å². The molecule has 1 aromatic rings. The normalized spacial score (nSPS) is 11.6. The highest BCUT2D eigenvalue weighted by Gasteiger charge is 2.14. The number of nitrogens with zero attached hydrogens (tertiary/aromatic N) is 1. The van der Waals surface area contributed by atoms with Gasteiger partial charge in [0.25, 0.3) is 0 Å². The maximum Gasteiger partial charge on any atom is 0.407 e. The largest absolute Gasteiger partial charge is 0.444 e. The number of pyridine rings is 1. The molecule has 0 aliphatic rings. The Bertz CT molecular complexity index is 424. The van der Waals surface area contributed by atoms with Crippen molar-refractivity contribution in [2.75, 3.05) is 13.1 Å². The SMILES string of the molecule is CC(C)(C)OC(=O)NC/C=C/CNCc1cccnc1. The van der Waals surface area contributed by atoms with Gasteiger partial charge in [0, 0.05) is 32.0 Å². The van der Waals surface area contributed by atoms with E-state index in [9.17, 15) is 4.79 Å². The van der Waals surface area contributed by atoms with Crippen molar-refractivity contribution in [3.63, 3.8) is 0 Å². The van der Waals surface area contributed by atoms with Gasteiger partial charge in [-0.1, -0.05) is 18.2 Å². The monoisotopic (exact) mass is 277 g/mol. The molecule has 0 aliphatic carbocycles. The van der Waals surface area contributed by atoms with Gasteiger partial charge in [-0.25, -0.2) is 4.79 Å². The summed E-state index contributed by atoms with van der Waals surface area (Å²) in [6, 6.07) is 3.94. The molecule has 2 N–H and O–H groups in total. The van der Waals surface area contributed by atoms with Crippen LogP contribution in [0, 0.1) is 0 Å². The van der Waals surface area contributed by atoms with Crippen molar-refractivity contribution in [3.8, 4) is 0 Å². The zero-order valence-corrected chi connectivity index (χ0v) is 12.3. The molecule has 1 rings (SSSR count). The summed E-state index contributed by atoms with van der Waals surface area (Å²) in [5.41, 5.74) is 0.687. The van der Waals surface area contributed by atoms with Crippen LogP contribution in [-0.2, 0) is 11.3 Å². The highest BCUT2D eigenvalue weighted by molar-refractivity contribution is 5.67. The lowest BCUT2D eigenvalue weighted by Crippen LogP contribution is -2.32. The molecule has 1 amide bonds. The Morgan fingerprint density at radius 1 is 1.35 bits per heavy atom. The van der Waals surface area contributed by atoms with E-state index in [1.165, 1.54) is 0 Å². The molecule has 110 valence electrons. The predicted molar refractivity (Wildman–Crippen MR) is 79.3 cm³/mol. The fourth-order valence-corrected chi connectivity index (χ4v) is 1.43. The first kappa shape index (κ1) is 16.2. The molecule has 0 saturated heterocycles. The number of ether oxygens (including phenoxy) is 1. The van der Waals surface area contributed by atoms with Crippen LogP contribution in [0.5, 0.6) is 0 Å². The van der Waals surface area contributed by atoms with Crippen molar-refractivity contribution in [2.24, 2.45) is 0 Å². The van der Waals surface area contributed by atoms with Gasteiger partial charge in [-0.05, 0) is 32.4 Å². The molecule has 1 heterocycles. The van der Waals surface area contributed by atoms with Crippen LogP contribution in [0.1, 0.15) is 26.3 Å². The predicted octanol–water partition coefficient (Wildman–Crippen LogP) is 2.25. The van der Waals surface area contributed by atoms with E-state index in [4.69, 9.17) is 4.74 Å². The number of hydrogen-bond donors (Lipinski definition) is 2. The molecule has 20 heavy (non-hydrogen) atoms. The van der Waals surface area contributed by atoms with Crippen molar-refractivity contribution < 1.29 is 9.53 Å². The molecule has 0 aliphatic heterocycles. The van der Waals surface area contributed by atoms with Crippen LogP contribution < -0.4 is 10.6 Å². The average molecular weight is 277 g/mol. The Hall–Kier alpha value is -1.88. The lowest BCUT2D eigenvalue weighted by atomic mass is 10.2. The molecule has 0 radical (unpaired) electrons. The highest BCUT2D eigenvalue weighted by atomic mass is 16.6. The molecule has 1 aromatic heterocycles. The van der Waals surface area contributed by atoms with Gasteiger partial charge in [0.05, 0.1) is 0 Å². The van der Waals surface area contributed by atoms with Gasteiger partial charge in [-0.15, -0.1) is 0 Å². The van der Waals surface area contributed by atoms with Crippen molar-refractivity contribution in [1.29, 1.82) is 0 Å². The number of carbonyl (C=O) groups is 1. The van der Waals surface area contributed by atoms with E-state index >= 15 is 0 Å². The molecule has 0 unspecified atom stereocenters. The quantitative estimate of drug-likeness (QED) is 0.618. The maximum atomic E-state index is 11.3. The highest BCUT2D eigenvalue weighted by Crippen LogP contribution is 2.05. The summed E-state index contributed by atoms with van der Waals surface area (Å²) < 4.78 is 5.12. The van der Waals surface area contributed by atoms with Gasteiger partial charge in [0.15, 0.2) is 0 Å². The Balaban J connectivity index is 2.07. The Labute approximate surface area is 120 Å². The van der Waals surface area contributed by atoms with E-state index in [1.54, 1.807) is 6.20 Å². The van der Waals surface area contributed by atoms with Crippen LogP contribution in [-0.4, -0.2) is 29.8 Å². The molecule has 5 heteroatoms. The smallest absolute Gasteiger partial charge is 0.407 e. The van der Waals surface area contributed by atoms with E-state index in [0.717, 1.165) is 18.7 Å². The van der Waals surface area contributed by atoms with Gasteiger partial charge in [-0.2, -0.15) is 0 Å². The number of amides is 1. The summed E-state index contributed by atoms with van der Waals surface area (Å²) in [5.74, 6) is 0. The number of carbonyl (C=O) groups excluding carboxylic acids is 1. The average Bonchev–Trinajstić information content (AvgIpc) is 2.37. The summed E-state index contributed by atoms with van der Waals surface area (Å²) in [6.45, 7) is 7.49. The third-order valence-corrected chi connectivity index (χ3v) is 2.24. The molecule has 0 saturated carbocycles. The van der Waals surface area contributed by atoms with Crippen molar-refractivity contribution >= 4 is 6.09 Å². The number of alkyl carbamates (subject to hydrolysis) is 1. The molecule has 5 nitrogen and oxygen atoms in total. The zero-order chi connectivity index (χ0) is 14.8. The Kier molecular flexibility index (Phi) is 6.73. The summed E-state index contributed by atoms with van der Waals surface area (Å²) in [7, 11) is 0. The number of aromatic nitrogens is 1.